The van der Waals surface area contributed by atoms with Crippen molar-refractivity contribution in [2.45, 2.75) is 50.7 Å². The lowest BCUT2D eigenvalue weighted by Gasteiger charge is -2.36. The molecule has 2 aliphatic heterocycles. The summed E-state index contributed by atoms with van der Waals surface area (Å²) in [7, 11) is 4.31. The number of benzene rings is 2. The van der Waals surface area contributed by atoms with Gasteiger partial charge in [0.25, 0.3) is 5.91 Å². The van der Waals surface area contributed by atoms with Gasteiger partial charge in [-0.05, 0) is 50.8 Å². The average molecular weight is 424 g/mol. The van der Waals surface area contributed by atoms with E-state index in [2.05, 4.69) is 66.1 Å². The van der Waals surface area contributed by atoms with Crippen LogP contribution in [0.25, 0.3) is 22.2 Å². The van der Waals surface area contributed by atoms with E-state index in [4.69, 9.17) is 0 Å². The van der Waals surface area contributed by atoms with Crippen molar-refractivity contribution < 1.29 is 4.79 Å². The van der Waals surface area contributed by atoms with Gasteiger partial charge in [-0.25, -0.2) is 0 Å². The summed E-state index contributed by atoms with van der Waals surface area (Å²) < 4.78 is 2.19. The van der Waals surface area contributed by atoms with Crippen LogP contribution >= 0.6 is 12.4 Å². The Morgan fingerprint density at radius 3 is 2.30 bits per heavy atom. The Morgan fingerprint density at radius 2 is 1.63 bits per heavy atom. The van der Waals surface area contributed by atoms with Crippen molar-refractivity contribution in [3.63, 3.8) is 0 Å². The molecular formula is C25H30ClN3O. The van der Waals surface area contributed by atoms with E-state index in [1.165, 1.54) is 18.4 Å². The molecule has 0 aliphatic carbocycles. The summed E-state index contributed by atoms with van der Waals surface area (Å²) in [5.74, 6) is 0.0639. The molecule has 2 bridgehead atoms. The van der Waals surface area contributed by atoms with Crippen molar-refractivity contribution in [1.82, 2.24) is 14.8 Å². The topological polar surface area (TPSA) is 37.3 Å². The van der Waals surface area contributed by atoms with Crippen molar-refractivity contribution in [3.8, 4) is 11.3 Å². The minimum Gasteiger partial charge on any atom is -0.349 e. The molecule has 5 heteroatoms. The predicted octanol–water partition coefficient (Wildman–Crippen LogP) is 4.93. The minimum absolute atomic E-state index is 0. The highest BCUT2D eigenvalue weighted by atomic mass is 35.5. The van der Waals surface area contributed by atoms with Crippen LogP contribution in [0.5, 0.6) is 0 Å². The normalized spacial score (nSPS) is 23.4. The second-order valence-electron chi connectivity index (χ2n) is 8.81. The maximum Gasteiger partial charge on any atom is 0.254 e. The standard InChI is InChI=1S/C25H29N3O.ClH/c1-16-8-7-11-21-22(24(28(3)23(16)21)17-9-5-4-6-10-17)25(29)26-18-14-19-12-13-20(15-18)27(19)2;/h4-11,18-20H,12-15H2,1-3H3,(H,26,29);1H/t18-,19+,20-;. The molecule has 2 saturated heterocycles. The van der Waals surface area contributed by atoms with Crippen molar-refractivity contribution in [2.24, 2.45) is 7.05 Å². The van der Waals surface area contributed by atoms with Gasteiger partial charge in [-0.1, -0.05) is 48.5 Å². The first-order chi connectivity index (χ1) is 14.0. The Kier molecular flexibility index (Phi) is 5.65. The van der Waals surface area contributed by atoms with Gasteiger partial charge in [-0.3, -0.25) is 4.79 Å². The number of nitrogens with one attached hydrogen (secondary N) is 1. The number of para-hydroxylation sites is 1. The van der Waals surface area contributed by atoms with Gasteiger partial charge in [-0.15, -0.1) is 12.4 Å². The Hall–Kier alpha value is -2.30. The van der Waals surface area contributed by atoms with Gasteiger partial charge < -0.3 is 14.8 Å². The third-order valence-corrected chi connectivity index (χ3v) is 7.12. The van der Waals surface area contributed by atoms with Gasteiger partial charge in [0.15, 0.2) is 0 Å². The fourth-order valence-electron chi connectivity index (χ4n) is 5.66. The van der Waals surface area contributed by atoms with Crippen molar-refractivity contribution >= 4 is 29.2 Å². The number of fused-ring (bicyclic) bond motifs is 3. The van der Waals surface area contributed by atoms with Gasteiger partial charge in [-0.2, -0.15) is 0 Å². The molecule has 4 nitrogen and oxygen atoms in total. The van der Waals surface area contributed by atoms with E-state index in [1.807, 2.05) is 18.2 Å². The largest absolute Gasteiger partial charge is 0.349 e. The molecule has 1 amide bonds. The van der Waals surface area contributed by atoms with Crippen LogP contribution in [0.2, 0.25) is 0 Å². The number of aryl methyl sites for hydroxylation is 2. The Balaban J connectivity index is 0.00000218. The maximum absolute atomic E-state index is 13.6. The van der Waals surface area contributed by atoms with Crippen LogP contribution in [0.3, 0.4) is 0 Å². The number of hydrogen-bond acceptors (Lipinski definition) is 2. The molecule has 5 rings (SSSR count). The van der Waals surface area contributed by atoms with E-state index in [-0.39, 0.29) is 24.4 Å². The number of carbonyl (C=O) groups is 1. The van der Waals surface area contributed by atoms with Crippen molar-refractivity contribution in [2.75, 3.05) is 7.05 Å². The third-order valence-electron chi connectivity index (χ3n) is 7.12. The third kappa shape index (κ3) is 3.32. The summed E-state index contributed by atoms with van der Waals surface area (Å²) in [5, 5.41) is 4.45. The van der Waals surface area contributed by atoms with Crippen LogP contribution in [0, 0.1) is 6.92 Å². The highest BCUT2D eigenvalue weighted by Gasteiger charge is 2.39. The second kappa shape index (κ2) is 8.09. The number of halogens is 1. The molecule has 0 spiro atoms. The summed E-state index contributed by atoms with van der Waals surface area (Å²) in [6, 6.07) is 18.0. The van der Waals surface area contributed by atoms with Gasteiger partial charge in [0.05, 0.1) is 16.8 Å². The Labute approximate surface area is 184 Å². The van der Waals surface area contributed by atoms with E-state index in [0.29, 0.717) is 12.1 Å². The zero-order valence-corrected chi connectivity index (χ0v) is 18.7. The van der Waals surface area contributed by atoms with E-state index in [0.717, 1.165) is 40.6 Å². The van der Waals surface area contributed by atoms with E-state index in [9.17, 15) is 4.79 Å². The summed E-state index contributed by atoms with van der Waals surface area (Å²) in [5.41, 5.74) is 5.23. The average Bonchev–Trinajstić information content (AvgIpc) is 3.11. The lowest BCUT2D eigenvalue weighted by atomic mass is 9.97. The van der Waals surface area contributed by atoms with Crippen molar-refractivity contribution in [1.29, 1.82) is 0 Å². The Bertz CT molecular complexity index is 1060. The van der Waals surface area contributed by atoms with Crippen LogP contribution in [0.1, 0.15) is 41.6 Å². The van der Waals surface area contributed by atoms with Gasteiger partial charge in [0, 0.05) is 30.6 Å². The molecule has 30 heavy (non-hydrogen) atoms. The van der Waals surface area contributed by atoms with Gasteiger partial charge >= 0.3 is 0 Å². The number of hydrogen-bond donors (Lipinski definition) is 1. The second-order valence-corrected chi connectivity index (χ2v) is 8.81. The quantitative estimate of drug-likeness (QED) is 0.648. The van der Waals surface area contributed by atoms with Crippen LogP contribution in [-0.4, -0.2) is 40.5 Å². The fraction of sp³-hybridized carbons (Fsp3) is 0.400. The molecule has 0 radical (unpaired) electrons. The molecular weight excluding hydrogens is 394 g/mol. The summed E-state index contributed by atoms with van der Waals surface area (Å²) in [6.45, 7) is 2.12. The van der Waals surface area contributed by atoms with Crippen LogP contribution < -0.4 is 5.32 Å². The summed E-state index contributed by atoms with van der Waals surface area (Å²) in [4.78, 5) is 16.1. The minimum atomic E-state index is 0. The number of piperidine rings is 1. The number of amides is 1. The zero-order chi connectivity index (χ0) is 20.1. The fourth-order valence-corrected chi connectivity index (χ4v) is 5.66. The van der Waals surface area contributed by atoms with E-state index >= 15 is 0 Å². The number of nitrogens with zero attached hydrogens (tertiary/aromatic N) is 2. The zero-order valence-electron chi connectivity index (χ0n) is 17.9. The van der Waals surface area contributed by atoms with Gasteiger partial charge in [0.1, 0.15) is 0 Å². The van der Waals surface area contributed by atoms with Gasteiger partial charge in [0.2, 0.25) is 0 Å². The molecule has 3 aromatic rings. The highest BCUT2D eigenvalue weighted by molar-refractivity contribution is 6.13. The first-order valence-electron chi connectivity index (χ1n) is 10.7. The smallest absolute Gasteiger partial charge is 0.254 e. The lowest BCUT2D eigenvalue weighted by molar-refractivity contribution is 0.0884. The molecule has 2 aliphatic rings. The molecule has 3 atom stereocenters. The maximum atomic E-state index is 13.6. The number of rotatable bonds is 3. The first kappa shape index (κ1) is 21.0. The Morgan fingerprint density at radius 1 is 0.967 bits per heavy atom. The molecule has 0 saturated carbocycles. The first-order valence-corrected chi connectivity index (χ1v) is 10.7. The molecule has 2 aromatic carbocycles. The molecule has 3 heterocycles. The highest BCUT2D eigenvalue weighted by Crippen LogP contribution is 2.37. The predicted molar refractivity (Wildman–Crippen MR) is 125 cm³/mol. The van der Waals surface area contributed by atoms with E-state index < -0.39 is 0 Å². The number of aromatic nitrogens is 1. The molecule has 1 N–H and O–H groups in total. The molecule has 2 fully saturated rings. The van der Waals surface area contributed by atoms with Crippen LogP contribution in [-0.2, 0) is 7.05 Å². The molecule has 158 valence electrons. The molecule has 1 aromatic heterocycles. The van der Waals surface area contributed by atoms with Crippen molar-refractivity contribution in [3.05, 3.63) is 59.7 Å². The molecule has 0 unspecified atom stereocenters. The SMILES string of the molecule is Cc1cccc2c(C(=O)N[C@H]3C[C@H]4CC[C@@H](C3)N4C)c(-c3ccccc3)n(C)c12.Cl. The van der Waals surface area contributed by atoms with E-state index in [1.54, 1.807) is 0 Å². The summed E-state index contributed by atoms with van der Waals surface area (Å²) >= 11 is 0. The number of carbonyl (C=O) groups excluding carboxylic acids is 1. The monoisotopic (exact) mass is 423 g/mol. The van der Waals surface area contributed by atoms with Crippen LogP contribution in [0.4, 0.5) is 0 Å². The summed E-state index contributed by atoms with van der Waals surface area (Å²) in [6.07, 6.45) is 4.64. The lowest BCUT2D eigenvalue weighted by Crippen LogP contribution is -2.48. The van der Waals surface area contributed by atoms with Crippen LogP contribution in [0.15, 0.2) is 48.5 Å².